The van der Waals surface area contributed by atoms with Crippen molar-refractivity contribution in [3.8, 4) is 5.75 Å². The van der Waals surface area contributed by atoms with Gasteiger partial charge in [-0.25, -0.2) is 19.2 Å². The second-order valence-corrected chi connectivity index (χ2v) is 20.2. The highest BCUT2D eigenvalue weighted by Crippen LogP contribution is 2.55. The van der Waals surface area contributed by atoms with Crippen LogP contribution >= 0.6 is 26.7 Å². The van der Waals surface area contributed by atoms with E-state index in [1.807, 2.05) is 31.2 Å². The van der Waals surface area contributed by atoms with Gasteiger partial charge in [0.15, 0.2) is 28.7 Å². The number of unbranched alkanes of at least 4 members (excludes halogenated alkanes) is 1. The van der Waals surface area contributed by atoms with E-state index in [0.29, 0.717) is 48.3 Å². The molecule has 21 nitrogen and oxygen atoms in total. The molecule has 1 aliphatic rings. The van der Waals surface area contributed by atoms with Crippen LogP contribution in [-0.2, 0) is 59.4 Å². The second kappa shape index (κ2) is 20.1. The summed E-state index contributed by atoms with van der Waals surface area (Å²) in [6, 6.07) is 9.43. The summed E-state index contributed by atoms with van der Waals surface area (Å²) in [6.07, 6.45) is 4.28. The Morgan fingerprint density at radius 2 is 1.58 bits per heavy atom. The van der Waals surface area contributed by atoms with Gasteiger partial charge in [0.2, 0.25) is 11.9 Å². The maximum Gasteiger partial charge on any atom is 0.405 e. The summed E-state index contributed by atoms with van der Waals surface area (Å²) in [5.74, 6) is 2.53. The van der Waals surface area contributed by atoms with Crippen LogP contribution in [0.1, 0.15) is 56.3 Å². The first-order chi connectivity index (χ1) is 29.5. The summed E-state index contributed by atoms with van der Waals surface area (Å²) < 4.78 is 65.6. The lowest BCUT2D eigenvalue weighted by molar-refractivity contribution is 0.132. The van der Waals surface area contributed by atoms with Crippen LogP contribution in [0.2, 0.25) is 0 Å². The number of H-pyrrole nitrogens is 2. The van der Waals surface area contributed by atoms with Crippen molar-refractivity contribution in [2.24, 2.45) is 0 Å². The molecule has 0 saturated carbocycles. The molecule has 0 fully saturated rings. The fourth-order valence-electron chi connectivity index (χ4n) is 6.29. The SMILES string of the molecule is CC(C)(C)c1cccc2c1OP(=O)(COCCn1cnc3c(=O)[nH]c(N)nc31)OC2.Cc1ccc(COP(=O)(COCCn2cnc3c(=O)[nH]c(N)nc32)N(C)CCCCCl)o1. The normalized spacial score (nSPS) is 16.2. The quantitative estimate of drug-likeness (QED) is 0.0456. The van der Waals surface area contributed by atoms with Crippen LogP contribution in [0.5, 0.6) is 5.75 Å². The fraction of sp³-hybridized carbons (Fsp3) is 0.474. The van der Waals surface area contributed by atoms with Gasteiger partial charge in [0.25, 0.3) is 18.6 Å². The number of aromatic nitrogens is 8. The summed E-state index contributed by atoms with van der Waals surface area (Å²) in [7, 11) is -4.99. The van der Waals surface area contributed by atoms with Crippen LogP contribution in [0.25, 0.3) is 22.3 Å². The molecule has 0 bridgehead atoms. The van der Waals surface area contributed by atoms with E-state index in [2.05, 4.69) is 50.7 Å². The van der Waals surface area contributed by atoms with Crippen LogP contribution in [0.15, 0.2) is 57.0 Å². The molecule has 1 aliphatic heterocycles. The monoisotopic (exact) mass is 919 g/mol. The number of fused-ring (bicyclic) bond motifs is 3. The number of nitrogen functional groups attached to an aromatic ring is 2. The van der Waals surface area contributed by atoms with Gasteiger partial charge in [-0.15, -0.1) is 11.6 Å². The third-order valence-corrected chi connectivity index (χ3v) is 13.6. The van der Waals surface area contributed by atoms with Crippen molar-refractivity contribution in [2.75, 3.05) is 56.8 Å². The highest BCUT2D eigenvalue weighted by atomic mass is 35.5. The summed E-state index contributed by atoms with van der Waals surface area (Å²) in [5.41, 5.74) is 13.2. The number of anilines is 2. The van der Waals surface area contributed by atoms with E-state index in [1.54, 1.807) is 26.9 Å². The first kappa shape index (κ1) is 46.6. The van der Waals surface area contributed by atoms with Gasteiger partial charge in [0.05, 0.1) is 32.5 Å². The maximum atomic E-state index is 13.6. The molecule has 7 rings (SSSR count). The summed E-state index contributed by atoms with van der Waals surface area (Å²) in [4.78, 5) is 44.8. The summed E-state index contributed by atoms with van der Waals surface area (Å²) >= 11 is 5.76. The van der Waals surface area contributed by atoms with Crippen molar-refractivity contribution >= 4 is 60.9 Å². The molecule has 6 N–H and O–H groups in total. The number of para-hydroxylation sites is 1. The maximum absolute atomic E-state index is 13.6. The molecule has 0 amide bonds. The third kappa shape index (κ3) is 11.6. The molecule has 5 aromatic heterocycles. The van der Waals surface area contributed by atoms with Crippen LogP contribution in [0.3, 0.4) is 0 Å². The van der Waals surface area contributed by atoms with E-state index in [4.69, 9.17) is 50.5 Å². The number of nitrogens with one attached hydrogen (secondary N) is 2. The Kier molecular flexibility index (Phi) is 15.1. The minimum atomic E-state index is -3.45. The van der Waals surface area contributed by atoms with Gasteiger partial charge in [-0.1, -0.05) is 39.0 Å². The molecule has 0 saturated heterocycles. The Balaban J connectivity index is 0.000000207. The highest BCUT2D eigenvalue weighted by Gasteiger charge is 2.36. The number of hydrogen-bond donors (Lipinski definition) is 4. The van der Waals surface area contributed by atoms with E-state index in [9.17, 15) is 18.7 Å². The van der Waals surface area contributed by atoms with E-state index in [1.165, 1.54) is 12.7 Å². The van der Waals surface area contributed by atoms with Gasteiger partial charge in [-0.2, -0.15) is 9.97 Å². The van der Waals surface area contributed by atoms with Crippen molar-refractivity contribution in [1.29, 1.82) is 0 Å². The molecule has 0 radical (unpaired) electrons. The van der Waals surface area contributed by atoms with Crippen LogP contribution in [0, 0.1) is 6.92 Å². The Morgan fingerprint density at radius 1 is 0.952 bits per heavy atom. The first-order valence-corrected chi connectivity index (χ1v) is 23.7. The van der Waals surface area contributed by atoms with Gasteiger partial charge >= 0.3 is 7.60 Å². The topological polar surface area (TPSA) is 276 Å². The van der Waals surface area contributed by atoms with Gasteiger partial charge in [0, 0.05) is 36.6 Å². The molecule has 62 heavy (non-hydrogen) atoms. The standard InChI is InChI=1S/C19H28ClN6O5P.C19H24N5O5P/c1-14-5-6-15(31-14)11-30-32(28,25(2)8-4-3-7-20)13-29-10-9-26-12-22-16-17(26)23-19(21)24-18(16)27;1-19(2,3)13-6-4-5-12-9-28-30(26,29-15(12)13)11-27-8-7-24-10-21-14-16(24)22-18(20)23-17(14)25/h5-6,12H,3-4,7-11,13H2,1-2H3,(H3,21,23,24,27);4-6,10H,7-9,11H2,1-3H3,(H3,20,22,23,25). The molecule has 1 aromatic carbocycles. The van der Waals surface area contributed by atoms with E-state index in [0.717, 1.165) is 29.7 Å². The van der Waals surface area contributed by atoms with Crippen LogP contribution < -0.4 is 27.1 Å². The van der Waals surface area contributed by atoms with E-state index < -0.39 is 26.2 Å². The van der Waals surface area contributed by atoms with E-state index >= 15 is 0 Å². The number of alkyl halides is 1. The smallest absolute Gasteiger partial charge is 0.405 e. The second-order valence-electron chi connectivity index (χ2n) is 15.4. The molecule has 0 spiro atoms. The number of aromatic amines is 2. The molecule has 2 unspecified atom stereocenters. The number of nitrogens with two attached hydrogens (primary N) is 2. The minimum absolute atomic E-state index is 0.00908. The molecule has 0 aliphatic carbocycles. The average molecular weight is 920 g/mol. The Labute approximate surface area is 361 Å². The number of furan rings is 1. The lowest BCUT2D eigenvalue weighted by atomic mass is 9.85. The predicted molar refractivity (Wildman–Crippen MR) is 233 cm³/mol. The number of ether oxygens (including phenoxy) is 2. The minimum Gasteiger partial charge on any atom is -0.464 e. The number of aryl methyl sites for hydroxylation is 1. The largest absolute Gasteiger partial charge is 0.464 e. The van der Waals surface area contributed by atoms with Crippen molar-refractivity contribution < 1.29 is 36.6 Å². The van der Waals surface area contributed by atoms with Gasteiger partial charge in [0.1, 0.15) is 30.2 Å². The van der Waals surface area contributed by atoms with Crippen molar-refractivity contribution in [3.63, 3.8) is 0 Å². The zero-order chi connectivity index (χ0) is 44.7. The average Bonchev–Trinajstić information content (AvgIpc) is 3.95. The van der Waals surface area contributed by atoms with Crippen LogP contribution in [-0.4, -0.2) is 89.1 Å². The van der Waals surface area contributed by atoms with Crippen molar-refractivity contribution in [3.05, 3.63) is 86.3 Å². The van der Waals surface area contributed by atoms with Crippen molar-refractivity contribution in [2.45, 2.75) is 72.3 Å². The zero-order valence-corrected chi connectivity index (χ0v) is 37.7. The molecule has 2 atom stereocenters. The lowest BCUT2D eigenvalue weighted by Gasteiger charge is -2.31. The fourth-order valence-corrected chi connectivity index (χ4v) is 9.45. The van der Waals surface area contributed by atoms with Gasteiger partial charge in [-0.3, -0.25) is 28.6 Å². The summed E-state index contributed by atoms with van der Waals surface area (Å²) in [6.45, 7) is 10.00. The molecule has 24 heteroatoms. The number of imidazole rings is 2. The molecule has 6 heterocycles. The van der Waals surface area contributed by atoms with E-state index in [-0.39, 0.29) is 67.5 Å². The Morgan fingerprint density at radius 3 is 2.16 bits per heavy atom. The number of hydrogen-bond acceptors (Lipinski definition) is 16. The van der Waals surface area contributed by atoms with Gasteiger partial charge < -0.3 is 43.5 Å². The number of halogens is 1. The number of nitrogens with zero attached hydrogens (tertiary/aromatic N) is 7. The zero-order valence-electron chi connectivity index (χ0n) is 35.2. The molecule has 6 aromatic rings. The molecular formula is C38H52ClN11O10P2. The number of benzene rings is 1. The highest BCUT2D eigenvalue weighted by molar-refractivity contribution is 7.56. The Bertz CT molecular complexity index is 2690. The van der Waals surface area contributed by atoms with Crippen LogP contribution in [0.4, 0.5) is 11.9 Å². The number of rotatable bonds is 18. The molecular weight excluding hydrogens is 868 g/mol. The first-order valence-electron chi connectivity index (χ1n) is 19.7. The predicted octanol–water partition coefficient (Wildman–Crippen LogP) is 5.71. The van der Waals surface area contributed by atoms with Crippen molar-refractivity contribution in [1.82, 2.24) is 43.7 Å². The lowest BCUT2D eigenvalue weighted by Crippen LogP contribution is -2.22. The van der Waals surface area contributed by atoms with Gasteiger partial charge in [-0.05, 0) is 44.4 Å². The summed E-state index contributed by atoms with van der Waals surface area (Å²) in [5, 5.41) is 0. The molecule has 336 valence electrons. The third-order valence-electron chi connectivity index (χ3n) is 9.58. The Hall–Kier alpha value is -4.85.